The normalized spacial score (nSPS) is 24.3. The molecule has 2 atom stereocenters. The number of hydrogen-bond donors (Lipinski definition) is 2. The average Bonchev–Trinajstić information content (AvgIpc) is 3.11. The van der Waals surface area contributed by atoms with Gasteiger partial charge in [0.2, 0.25) is 5.91 Å². The minimum absolute atomic E-state index is 0.0306. The van der Waals surface area contributed by atoms with Gasteiger partial charge in [-0.2, -0.15) is 0 Å². The lowest BCUT2D eigenvalue weighted by atomic mass is 10.0. The second-order valence-corrected chi connectivity index (χ2v) is 9.33. The Balaban J connectivity index is 1.61. The van der Waals surface area contributed by atoms with Gasteiger partial charge in [0, 0.05) is 36.2 Å². The maximum atomic E-state index is 12.9. The number of amides is 1. The van der Waals surface area contributed by atoms with Gasteiger partial charge in [-0.25, -0.2) is 0 Å². The zero-order chi connectivity index (χ0) is 20.8. The predicted octanol–water partition coefficient (Wildman–Crippen LogP) is 3.27. The third kappa shape index (κ3) is 6.42. The van der Waals surface area contributed by atoms with Crippen molar-refractivity contribution in [2.45, 2.75) is 77.2 Å². The van der Waals surface area contributed by atoms with E-state index in [4.69, 9.17) is 11.6 Å². The van der Waals surface area contributed by atoms with E-state index in [1.165, 1.54) is 18.5 Å². The zero-order valence-corrected chi connectivity index (χ0v) is 18.9. The summed E-state index contributed by atoms with van der Waals surface area (Å²) < 4.78 is 0. The van der Waals surface area contributed by atoms with Crippen molar-refractivity contribution in [2.24, 2.45) is 0 Å². The highest BCUT2D eigenvalue weighted by Crippen LogP contribution is 2.27. The van der Waals surface area contributed by atoms with Crippen LogP contribution in [0.25, 0.3) is 0 Å². The van der Waals surface area contributed by atoms with Gasteiger partial charge in [-0.15, -0.1) is 0 Å². The molecule has 5 nitrogen and oxygen atoms in total. The van der Waals surface area contributed by atoms with Crippen molar-refractivity contribution >= 4 is 17.5 Å². The van der Waals surface area contributed by atoms with Crippen LogP contribution < -0.4 is 10.6 Å². The van der Waals surface area contributed by atoms with Gasteiger partial charge in [-0.3, -0.25) is 9.69 Å². The van der Waals surface area contributed by atoms with Crippen LogP contribution in [0.3, 0.4) is 0 Å². The van der Waals surface area contributed by atoms with Crippen molar-refractivity contribution < 1.29 is 4.79 Å². The highest BCUT2D eigenvalue weighted by Gasteiger charge is 2.41. The molecule has 29 heavy (non-hydrogen) atoms. The second kappa shape index (κ2) is 10.8. The molecule has 2 fully saturated rings. The first-order valence-electron chi connectivity index (χ1n) is 11.2. The van der Waals surface area contributed by atoms with Gasteiger partial charge in [0.05, 0.1) is 6.04 Å². The van der Waals surface area contributed by atoms with Crippen LogP contribution in [0.15, 0.2) is 24.3 Å². The Labute approximate surface area is 181 Å². The number of nitrogens with one attached hydrogen (secondary N) is 2. The molecular formula is C23H37ClN4O. The number of rotatable bonds is 8. The number of benzene rings is 1. The van der Waals surface area contributed by atoms with Gasteiger partial charge in [0.1, 0.15) is 0 Å². The lowest BCUT2D eigenvalue weighted by Crippen LogP contribution is -2.52. The molecule has 0 radical (unpaired) electrons. The minimum Gasteiger partial charge on any atom is -0.353 e. The fourth-order valence-electron chi connectivity index (χ4n) is 4.75. The van der Waals surface area contributed by atoms with Crippen molar-refractivity contribution in [3.63, 3.8) is 0 Å². The standard InChI is InChI=1S/C23H37ClN4O/c1-4-10-27-11-8-21(9-12-27)28-16-20(14-22(28)23(29)26-17(2)3)25-15-18-6-5-7-19(24)13-18/h5-7,13,17,20-22,25H,4,8-12,14-16H2,1-3H3,(H,26,29)/t20-,22-/m0/s1. The lowest BCUT2D eigenvalue weighted by Gasteiger charge is -2.39. The molecule has 0 spiro atoms. The molecule has 0 saturated carbocycles. The van der Waals surface area contributed by atoms with Crippen LogP contribution in [0.5, 0.6) is 0 Å². The topological polar surface area (TPSA) is 47.6 Å². The molecule has 0 aliphatic carbocycles. The monoisotopic (exact) mass is 420 g/mol. The Kier molecular flexibility index (Phi) is 8.36. The van der Waals surface area contributed by atoms with Crippen molar-refractivity contribution in [1.29, 1.82) is 0 Å². The Morgan fingerprint density at radius 3 is 2.69 bits per heavy atom. The van der Waals surface area contributed by atoms with E-state index >= 15 is 0 Å². The van der Waals surface area contributed by atoms with Crippen LogP contribution in [0.2, 0.25) is 5.02 Å². The summed E-state index contributed by atoms with van der Waals surface area (Å²) in [6, 6.07) is 8.97. The molecule has 1 aromatic rings. The Morgan fingerprint density at radius 1 is 1.28 bits per heavy atom. The largest absolute Gasteiger partial charge is 0.353 e. The Morgan fingerprint density at radius 2 is 2.03 bits per heavy atom. The number of nitrogens with zero attached hydrogens (tertiary/aromatic N) is 2. The smallest absolute Gasteiger partial charge is 0.237 e. The van der Waals surface area contributed by atoms with Crippen LogP contribution in [0.4, 0.5) is 0 Å². The fraction of sp³-hybridized carbons (Fsp3) is 0.696. The molecule has 1 aromatic carbocycles. The van der Waals surface area contributed by atoms with E-state index in [-0.39, 0.29) is 18.0 Å². The molecule has 2 aliphatic heterocycles. The predicted molar refractivity (Wildman–Crippen MR) is 120 cm³/mol. The summed E-state index contributed by atoms with van der Waals surface area (Å²) in [5.41, 5.74) is 1.19. The van der Waals surface area contributed by atoms with Gasteiger partial charge in [-0.1, -0.05) is 30.7 Å². The van der Waals surface area contributed by atoms with Crippen molar-refractivity contribution in [1.82, 2.24) is 20.4 Å². The molecular weight excluding hydrogens is 384 g/mol. The maximum Gasteiger partial charge on any atom is 0.237 e. The van der Waals surface area contributed by atoms with Crippen molar-refractivity contribution in [3.05, 3.63) is 34.9 Å². The Bertz CT molecular complexity index is 660. The molecule has 3 rings (SSSR count). The van der Waals surface area contributed by atoms with Crippen LogP contribution in [0.1, 0.15) is 52.0 Å². The van der Waals surface area contributed by atoms with E-state index in [0.29, 0.717) is 12.1 Å². The second-order valence-electron chi connectivity index (χ2n) is 8.89. The van der Waals surface area contributed by atoms with Crippen molar-refractivity contribution in [3.8, 4) is 0 Å². The average molecular weight is 421 g/mol. The minimum atomic E-state index is -0.0306. The highest BCUT2D eigenvalue weighted by atomic mass is 35.5. The molecule has 0 bridgehead atoms. The quantitative estimate of drug-likeness (QED) is 0.677. The summed E-state index contributed by atoms with van der Waals surface area (Å²) in [5, 5.41) is 7.59. The SMILES string of the molecule is CCCN1CCC(N2C[C@@H](NCc3cccc(Cl)c3)C[C@H]2C(=O)NC(C)C)CC1. The zero-order valence-electron chi connectivity index (χ0n) is 18.2. The molecule has 0 unspecified atom stereocenters. The number of carbonyl (C=O) groups is 1. The van der Waals surface area contributed by atoms with Gasteiger partial charge in [0.15, 0.2) is 0 Å². The number of carbonyl (C=O) groups excluding carboxylic acids is 1. The highest BCUT2D eigenvalue weighted by molar-refractivity contribution is 6.30. The molecule has 162 valence electrons. The summed E-state index contributed by atoms with van der Waals surface area (Å²) >= 11 is 6.12. The molecule has 6 heteroatoms. The van der Waals surface area contributed by atoms with Crippen molar-refractivity contribution in [2.75, 3.05) is 26.2 Å². The molecule has 2 heterocycles. The number of hydrogen-bond acceptors (Lipinski definition) is 4. The van der Waals surface area contributed by atoms with Gasteiger partial charge in [0.25, 0.3) is 0 Å². The number of halogens is 1. The molecule has 1 amide bonds. The van der Waals surface area contributed by atoms with Gasteiger partial charge >= 0.3 is 0 Å². The van der Waals surface area contributed by atoms with E-state index < -0.39 is 0 Å². The van der Waals surface area contributed by atoms with Crippen LogP contribution in [0, 0.1) is 0 Å². The van der Waals surface area contributed by atoms with Crippen LogP contribution in [-0.2, 0) is 11.3 Å². The van der Waals surface area contributed by atoms with Gasteiger partial charge in [-0.05, 0) is 76.9 Å². The first kappa shape index (κ1) is 22.5. The summed E-state index contributed by atoms with van der Waals surface area (Å²) in [5.74, 6) is 0.183. The van der Waals surface area contributed by atoms with Crippen LogP contribution in [-0.4, -0.2) is 66.1 Å². The lowest BCUT2D eigenvalue weighted by molar-refractivity contribution is -0.127. The van der Waals surface area contributed by atoms with E-state index in [1.54, 1.807) is 0 Å². The van der Waals surface area contributed by atoms with Crippen LogP contribution >= 0.6 is 11.6 Å². The van der Waals surface area contributed by atoms with Gasteiger partial charge < -0.3 is 15.5 Å². The van der Waals surface area contributed by atoms with E-state index in [0.717, 1.165) is 50.5 Å². The third-order valence-corrected chi connectivity index (χ3v) is 6.36. The molecule has 2 N–H and O–H groups in total. The first-order chi connectivity index (χ1) is 14.0. The summed E-state index contributed by atoms with van der Waals surface area (Å²) in [6.07, 6.45) is 4.40. The fourth-order valence-corrected chi connectivity index (χ4v) is 4.96. The van der Waals surface area contributed by atoms with E-state index in [9.17, 15) is 4.79 Å². The van der Waals surface area contributed by atoms with E-state index in [1.807, 2.05) is 32.0 Å². The molecule has 2 aliphatic rings. The number of piperidine rings is 1. The Hall–Kier alpha value is -1.14. The summed E-state index contributed by atoms with van der Waals surface area (Å²) in [6.45, 7) is 11.5. The third-order valence-electron chi connectivity index (χ3n) is 6.12. The summed E-state index contributed by atoms with van der Waals surface area (Å²) in [4.78, 5) is 18.0. The maximum absolute atomic E-state index is 12.9. The molecule has 0 aromatic heterocycles. The summed E-state index contributed by atoms with van der Waals surface area (Å²) in [7, 11) is 0. The molecule has 2 saturated heterocycles. The first-order valence-corrected chi connectivity index (χ1v) is 11.6. The number of likely N-dealkylation sites (tertiary alicyclic amines) is 2. The van der Waals surface area contributed by atoms with E-state index in [2.05, 4.69) is 33.4 Å².